The summed E-state index contributed by atoms with van der Waals surface area (Å²) in [6.45, 7) is -0.148. The second-order valence-corrected chi connectivity index (χ2v) is 4.89. The molecule has 0 fully saturated rings. The van der Waals surface area contributed by atoms with E-state index in [0.29, 0.717) is 0 Å². The molecular weight excluding hydrogens is 246 g/mol. The van der Waals surface area contributed by atoms with Gasteiger partial charge in [-0.2, -0.15) is 5.26 Å². The Labute approximate surface area is 97.8 Å². The van der Waals surface area contributed by atoms with Crippen molar-refractivity contribution in [3.05, 3.63) is 29.6 Å². The third-order valence-corrected chi connectivity index (χ3v) is 2.88. The molecule has 0 amide bonds. The van der Waals surface area contributed by atoms with Gasteiger partial charge in [-0.15, -0.1) is 0 Å². The molecule has 0 aliphatic carbocycles. The SMILES string of the molecule is N#CCS(=O)(=O)NCc1cc(C(=O)O)ccn1. The minimum Gasteiger partial charge on any atom is -0.478 e. The van der Waals surface area contributed by atoms with E-state index in [-0.39, 0.29) is 17.8 Å². The number of sulfonamides is 1. The average Bonchev–Trinajstić information content (AvgIpc) is 2.27. The quantitative estimate of drug-likeness (QED) is 0.746. The van der Waals surface area contributed by atoms with E-state index in [1.54, 1.807) is 0 Å². The zero-order valence-electron chi connectivity index (χ0n) is 8.62. The van der Waals surface area contributed by atoms with Gasteiger partial charge < -0.3 is 5.11 Å². The molecule has 0 bridgehead atoms. The summed E-state index contributed by atoms with van der Waals surface area (Å²) in [6, 6.07) is 4.07. The molecule has 8 heteroatoms. The number of hydrogen-bond donors (Lipinski definition) is 2. The lowest BCUT2D eigenvalue weighted by Crippen LogP contribution is -2.25. The lowest BCUT2D eigenvalue weighted by Gasteiger charge is -2.03. The van der Waals surface area contributed by atoms with Crippen molar-refractivity contribution in [3.63, 3.8) is 0 Å². The number of carbonyl (C=O) groups is 1. The Kier molecular flexibility index (Phi) is 4.14. The summed E-state index contributed by atoms with van der Waals surface area (Å²) in [5, 5.41) is 17.0. The molecule has 0 radical (unpaired) electrons. The van der Waals surface area contributed by atoms with E-state index < -0.39 is 21.7 Å². The minimum absolute atomic E-state index is 0.0227. The molecule has 0 spiro atoms. The number of carboxylic acids is 1. The lowest BCUT2D eigenvalue weighted by molar-refractivity contribution is 0.0696. The van der Waals surface area contributed by atoms with Crippen LogP contribution < -0.4 is 4.72 Å². The van der Waals surface area contributed by atoms with Gasteiger partial charge in [0, 0.05) is 6.20 Å². The number of rotatable bonds is 5. The lowest BCUT2D eigenvalue weighted by atomic mass is 10.2. The van der Waals surface area contributed by atoms with Crippen molar-refractivity contribution in [2.75, 3.05) is 5.75 Å². The summed E-state index contributed by atoms with van der Waals surface area (Å²) < 4.78 is 24.4. The van der Waals surface area contributed by atoms with E-state index in [1.807, 2.05) is 0 Å². The fourth-order valence-electron chi connectivity index (χ4n) is 1.03. The second kappa shape index (κ2) is 5.38. The normalized spacial score (nSPS) is 10.8. The van der Waals surface area contributed by atoms with E-state index >= 15 is 0 Å². The van der Waals surface area contributed by atoms with Crippen LogP contribution in [0.25, 0.3) is 0 Å². The van der Waals surface area contributed by atoms with Crippen LogP contribution in [0.3, 0.4) is 0 Å². The predicted molar refractivity (Wildman–Crippen MR) is 57.4 cm³/mol. The molecule has 17 heavy (non-hydrogen) atoms. The first kappa shape index (κ1) is 13.1. The predicted octanol–water partition coefficient (Wildman–Crippen LogP) is -0.277. The van der Waals surface area contributed by atoms with Crippen molar-refractivity contribution in [1.82, 2.24) is 9.71 Å². The summed E-state index contributed by atoms with van der Waals surface area (Å²) in [6.07, 6.45) is 1.28. The maximum atomic E-state index is 11.1. The molecule has 0 aromatic carbocycles. The fourth-order valence-corrected chi connectivity index (χ4v) is 1.67. The number of aromatic nitrogens is 1. The van der Waals surface area contributed by atoms with E-state index in [0.717, 1.165) is 0 Å². The Hall–Kier alpha value is -1.98. The molecule has 1 aromatic rings. The van der Waals surface area contributed by atoms with Crippen molar-refractivity contribution in [3.8, 4) is 6.07 Å². The second-order valence-electron chi connectivity index (χ2n) is 3.08. The number of nitrogens with zero attached hydrogens (tertiary/aromatic N) is 2. The van der Waals surface area contributed by atoms with Gasteiger partial charge in [0.1, 0.15) is 0 Å². The molecule has 7 nitrogen and oxygen atoms in total. The van der Waals surface area contributed by atoms with Crippen LogP contribution in [0.4, 0.5) is 0 Å². The number of nitriles is 1. The zero-order valence-corrected chi connectivity index (χ0v) is 9.44. The first-order valence-electron chi connectivity index (χ1n) is 4.47. The van der Waals surface area contributed by atoms with Crippen LogP contribution in [0.5, 0.6) is 0 Å². The number of aromatic carboxylic acids is 1. The topological polar surface area (TPSA) is 120 Å². The van der Waals surface area contributed by atoms with Gasteiger partial charge in [-0.1, -0.05) is 0 Å². The Morgan fingerprint density at radius 3 is 2.88 bits per heavy atom. The van der Waals surface area contributed by atoms with Crippen LogP contribution in [-0.2, 0) is 16.6 Å². The maximum absolute atomic E-state index is 11.1. The van der Waals surface area contributed by atoms with E-state index in [4.69, 9.17) is 10.4 Å². The molecule has 1 rings (SSSR count). The Morgan fingerprint density at radius 1 is 1.59 bits per heavy atom. The van der Waals surface area contributed by atoms with Crippen LogP contribution in [0, 0.1) is 11.3 Å². The molecule has 0 atom stereocenters. The summed E-state index contributed by atoms with van der Waals surface area (Å²) >= 11 is 0. The average molecular weight is 255 g/mol. The van der Waals surface area contributed by atoms with Crippen molar-refractivity contribution < 1.29 is 18.3 Å². The van der Waals surface area contributed by atoms with E-state index in [1.165, 1.54) is 24.4 Å². The number of carboxylic acid groups (broad SMARTS) is 1. The number of pyridine rings is 1. The van der Waals surface area contributed by atoms with Gasteiger partial charge in [-0.25, -0.2) is 17.9 Å². The Balaban J connectivity index is 2.74. The van der Waals surface area contributed by atoms with Crippen LogP contribution >= 0.6 is 0 Å². The molecule has 0 unspecified atom stereocenters. The van der Waals surface area contributed by atoms with Crippen LogP contribution in [0.2, 0.25) is 0 Å². The van der Waals surface area contributed by atoms with Crippen LogP contribution in [0.1, 0.15) is 16.1 Å². The minimum atomic E-state index is -3.66. The van der Waals surface area contributed by atoms with Gasteiger partial charge in [0.25, 0.3) is 0 Å². The van der Waals surface area contributed by atoms with Gasteiger partial charge >= 0.3 is 5.97 Å². The van der Waals surface area contributed by atoms with Gasteiger partial charge in [-0.05, 0) is 12.1 Å². The van der Waals surface area contributed by atoms with Crippen LogP contribution in [-0.4, -0.2) is 30.2 Å². The number of hydrogen-bond acceptors (Lipinski definition) is 5. The summed E-state index contributed by atoms with van der Waals surface area (Å²) in [5.74, 6) is -1.76. The van der Waals surface area contributed by atoms with Gasteiger partial charge in [0.15, 0.2) is 5.75 Å². The van der Waals surface area contributed by atoms with Crippen LogP contribution in [0.15, 0.2) is 18.3 Å². The monoisotopic (exact) mass is 255 g/mol. The first-order chi connectivity index (χ1) is 7.94. The molecule has 0 saturated carbocycles. The molecular formula is C9H9N3O4S. The summed E-state index contributed by atoms with van der Waals surface area (Å²) in [7, 11) is -3.66. The van der Waals surface area contributed by atoms with E-state index in [2.05, 4.69) is 9.71 Å². The molecule has 0 aliphatic rings. The highest BCUT2D eigenvalue weighted by Crippen LogP contribution is 2.02. The van der Waals surface area contributed by atoms with Gasteiger partial charge in [0.05, 0.1) is 23.9 Å². The third kappa shape index (κ3) is 4.18. The first-order valence-corrected chi connectivity index (χ1v) is 6.12. The maximum Gasteiger partial charge on any atom is 0.335 e. The summed E-state index contributed by atoms with van der Waals surface area (Å²) in [5.41, 5.74) is 0.292. The third-order valence-electron chi connectivity index (χ3n) is 1.79. The number of nitrogens with one attached hydrogen (secondary N) is 1. The standard InChI is InChI=1S/C9H9N3O4S/c10-2-4-17(15,16)12-6-8-5-7(9(13)14)1-3-11-8/h1,3,5,12H,4,6H2,(H,13,14). The summed E-state index contributed by atoms with van der Waals surface area (Å²) in [4.78, 5) is 14.5. The molecule has 0 saturated heterocycles. The molecule has 90 valence electrons. The Morgan fingerprint density at radius 2 is 2.29 bits per heavy atom. The van der Waals surface area contributed by atoms with Crippen molar-refractivity contribution >= 4 is 16.0 Å². The fraction of sp³-hybridized carbons (Fsp3) is 0.222. The van der Waals surface area contributed by atoms with Crippen molar-refractivity contribution in [2.45, 2.75) is 6.54 Å². The highest BCUT2D eigenvalue weighted by Gasteiger charge is 2.10. The highest BCUT2D eigenvalue weighted by molar-refractivity contribution is 7.89. The smallest absolute Gasteiger partial charge is 0.335 e. The highest BCUT2D eigenvalue weighted by atomic mass is 32.2. The molecule has 1 aromatic heterocycles. The largest absolute Gasteiger partial charge is 0.478 e. The van der Waals surface area contributed by atoms with E-state index in [9.17, 15) is 13.2 Å². The Bertz CT molecular complexity index is 562. The molecule has 1 heterocycles. The molecule has 0 aliphatic heterocycles. The zero-order chi connectivity index (χ0) is 12.9. The van der Waals surface area contributed by atoms with Crippen molar-refractivity contribution in [1.29, 1.82) is 5.26 Å². The van der Waals surface area contributed by atoms with Gasteiger partial charge in [0.2, 0.25) is 10.0 Å². The van der Waals surface area contributed by atoms with Crippen molar-refractivity contribution in [2.24, 2.45) is 0 Å². The van der Waals surface area contributed by atoms with Gasteiger partial charge in [-0.3, -0.25) is 4.98 Å². The molecule has 2 N–H and O–H groups in total.